The van der Waals surface area contributed by atoms with Crippen molar-refractivity contribution in [2.75, 3.05) is 7.11 Å². The van der Waals surface area contributed by atoms with Crippen LogP contribution in [0.2, 0.25) is 10.0 Å². The van der Waals surface area contributed by atoms with Crippen molar-refractivity contribution in [3.05, 3.63) is 27.7 Å². The van der Waals surface area contributed by atoms with Crippen molar-refractivity contribution >= 4 is 23.2 Å². The van der Waals surface area contributed by atoms with Crippen molar-refractivity contribution < 1.29 is 4.74 Å². The van der Waals surface area contributed by atoms with E-state index in [9.17, 15) is 0 Å². The van der Waals surface area contributed by atoms with E-state index in [1.807, 2.05) is 6.07 Å². The summed E-state index contributed by atoms with van der Waals surface area (Å²) >= 11 is 11.7. The molecule has 0 N–H and O–H groups in total. The predicted octanol–water partition coefficient (Wildman–Crippen LogP) is 3.07. The Balaban J connectivity index is 3.27. The molecule has 13 heavy (non-hydrogen) atoms. The highest BCUT2D eigenvalue weighted by Crippen LogP contribution is 2.33. The van der Waals surface area contributed by atoms with Crippen LogP contribution in [0.3, 0.4) is 0 Å². The molecule has 0 aliphatic carbocycles. The molecule has 0 fully saturated rings. The van der Waals surface area contributed by atoms with E-state index in [-0.39, 0.29) is 6.42 Å². The molecule has 0 aliphatic rings. The fraction of sp³-hybridized carbons (Fsp3) is 0.222. The monoisotopic (exact) mass is 215 g/mol. The van der Waals surface area contributed by atoms with Crippen LogP contribution in [0.1, 0.15) is 5.56 Å². The van der Waals surface area contributed by atoms with Crippen molar-refractivity contribution in [2.24, 2.45) is 0 Å². The second kappa shape index (κ2) is 4.36. The molecule has 1 aromatic carbocycles. The van der Waals surface area contributed by atoms with Gasteiger partial charge in [0, 0.05) is 10.6 Å². The highest BCUT2D eigenvalue weighted by atomic mass is 35.5. The number of nitriles is 1. The molecule has 1 aromatic rings. The molecule has 0 unspecified atom stereocenters. The molecular formula is C9H7Cl2NO. The number of benzene rings is 1. The molecule has 0 heterocycles. The summed E-state index contributed by atoms with van der Waals surface area (Å²) < 4.78 is 5.04. The number of rotatable bonds is 2. The Morgan fingerprint density at radius 3 is 2.54 bits per heavy atom. The third kappa shape index (κ3) is 2.06. The molecule has 4 heteroatoms. The van der Waals surface area contributed by atoms with Gasteiger partial charge in [0.1, 0.15) is 5.75 Å². The Labute approximate surface area is 86.6 Å². The van der Waals surface area contributed by atoms with E-state index >= 15 is 0 Å². The molecule has 0 saturated carbocycles. The van der Waals surface area contributed by atoms with E-state index in [1.165, 1.54) is 7.11 Å². The summed E-state index contributed by atoms with van der Waals surface area (Å²) in [5, 5.41) is 9.52. The fourth-order valence-electron chi connectivity index (χ4n) is 1.04. The lowest BCUT2D eigenvalue weighted by atomic mass is 10.1. The smallest absolute Gasteiger partial charge is 0.143 e. The Kier molecular flexibility index (Phi) is 3.41. The summed E-state index contributed by atoms with van der Waals surface area (Å²) in [6.07, 6.45) is 0.197. The van der Waals surface area contributed by atoms with Gasteiger partial charge in [0.25, 0.3) is 0 Å². The van der Waals surface area contributed by atoms with Crippen molar-refractivity contribution in [1.82, 2.24) is 0 Å². The van der Waals surface area contributed by atoms with E-state index < -0.39 is 0 Å². The molecule has 1 rings (SSSR count). The number of nitrogens with zero attached hydrogens (tertiary/aromatic N) is 1. The second-order valence-electron chi connectivity index (χ2n) is 2.38. The zero-order valence-electron chi connectivity index (χ0n) is 6.97. The quantitative estimate of drug-likeness (QED) is 0.760. The number of halogens is 2. The fourth-order valence-corrected chi connectivity index (χ4v) is 1.51. The zero-order chi connectivity index (χ0) is 9.84. The zero-order valence-corrected chi connectivity index (χ0v) is 8.49. The third-order valence-corrected chi connectivity index (χ3v) is 2.27. The first-order valence-corrected chi connectivity index (χ1v) is 4.34. The van der Waals surface area contributed by atoms with Gasteiger partial charge in [-0.15, -0.1) is 0 Å². The van der Waals surface area contributed by atoms with Crippen LogP contribution in [-0.2, 0) is 6.42 Å². The lowest BCUT2D eigenvalue weighted by Gasteiger charge is -2.08. The SMILES string of the molecule is COc1c(Cl)ccc(Cl)c1CC#N. The second-order valence-corrected chi connectivity index (χ2v) is 3.19. The molecule has 0 spiro atoms. The molecule has 2 nitrogen and oxygen atoms in total. The van der Waals surface area contributed by atoms with Gasteiger partial charge < -0.3 is 4.74 Å². The van der Waals surface area contributed by atoms with Crippen LogP contribution < -0.4 is 4.74 Å². The highest BCUT2D eigenvalue weighted by Gasteiger charge is 2.10. The third-order valence-electron chi connectivity index (χ3n) is 1.62. The van der Waals surface area contributed by atoms with Crippen LogP contribution in [-0.4, -0.2) is 7.11 Å². The molecule has 0 aliphatic heterocycles. The van der Waals surface area contributed by atoms with Crippen LogP contribution >= 0.6 is 23.2 Å². The van der Waals surface area contributed by atoms with Gasteiger partial charge in [0.2, 0.25) is 0 Å². The van der Waals surface area contributed by atoms with Crippen molar-refractivity contribution in [1.29, 1.82) is 5.26 Å². The summed E-state index contributed by atoms with van der Waals surface area (Å²) in [7, 11) is 1.50. The van der Waals surface area contributed by atoms with Gasteiger partial charge in [-0.1, -0.05) is 23.2 Å². The highest BCUT2D eigenvalue weighted by molar-refractivity contribution is 6.34. The maximum absolute atomic E-state index is 8.55. The minimum absolute atomic E-state index is 0.197. The van der Waals surface area contributed by atoms with Crippen LogP contribution in [0, 0.1) is 11.3 Å². The molecule has 68 valence electrons. The Bertz CT molecular complexity index is 357. The van der Waals surface area contributed by atoms with Crippen molar-refractivity contribution in [2.45, 2.75) is 6.42 Å². The minimum Gasteiger partial charge on any atom is -0.495 e. The lowest BCUT2D eigenvalue weighted by Crippen LogP contribution is -1.93. The van der Waals surface area contributed by atoms with Crippen LogP contribution in [0.15, 0.2) is 12.1 Å². The standard InChI is InChI=1S/C9H7Cl2NO/c1-13-9-6(4-5-12)7(10)2-3-8(9)11/h2-3H,4H2,1H3. The Hall–Kier alpha value is -0.910. The summed E-state index contributed by atoms with van der Waals surface area (Å²) in [6.45, 7) is 0. The first-order chi connectivity index (χ1) is 6.20. The van der Waals surface area contributed by atoms with E-state index in [4.69, 9.17) is 33.2 Å². The molecule has 0 radical (unpaired) electrons. The molecule has 0 atom stereocenters. The van der Waals surface area contributed by atoms with Gasteiger partial charge in [0.15, 0.2) is 0 Å². The minimum atomic E-state index is 0.197. The number of hydrogen-bond donors (Lipinski definition) is 0. The Morgan fingerprint density at radius 1 is 1.38 bits per heavy atom. The van der Waals surface area contributed by atoms with Gasteiger partial charge in [-0.2, -0.15) is 5.26 Å². The lowest BCUT2D eigenvalue weighted by molar-refractivity contribution is 0.411. The first kappa shape index (κ1) is 10.2. The number of methoxy groups -OCH3 is 1. The summed E-state index contributed by atoms with van der Waals surface area (Å²) in [5.41, 5.74) is 0.638. The summed E-state index contributed by atoms with van der Waals surface area (Å²) in [5.74, 6) is 0.482. The summed E-state index contributed by atoms with van der Waals surface area (Å²) in [4.78, 5) is 0. The molecular weight excluding hydrogens is 209 g/mol. The molecule has 0 saturated heterocycles. The van der Waals surface area contributed by atoms with E-state index in [0.29, 0.717) is 21.4 Å². The predicted molar refractivity (Wildman–Crippen MR) is 52.3 cm³/mol. The van der Waals surface area contributed by atoms with Crippen molar-refractivity contribution in [3.8, 4) is 11.8 Å². The van der Waals surface area contributed by atoms with E-state index in [2.05, 4.69) is 0 Å². The number of ether oxygens (including phenoxy) is 1. The first-order valence-electron chi connectivity index (χ1n) is 3.58. The average Bonchev–Trinajstić information content (AvgIpc) is 2.12. The molecule has 0 aromatic heterocycles. The molecule has 0 amide bonds. The summed E-state index contributed by atoms with van der Waals surface area (Å²) in [6, 6.07) is 5.30. The van der Waals surface area contributed by atoms with Gasteiger partial charge >= 0.3 is 0 Å². The van der Waals surface area contributed by atoms with Crippen LogP contribution in [0.4, 0.5) is 0 Å². The van der Waals surface area contributed by atoms with Gasteiger partial charge in [-0.3, -0.25) is 0 Å². The van der Waals surface area contributed by atoms with E-state index in [1.54, 1.807) is 12.1 Å². The van der Waals surface area contributed by atoms with Gasteiger partial charge in [0.05, 0.1) is 24.6 Å². The normalized spacial score (nSPS) is 9.38. The maximum atomic E-state index is 8.55. The van der Waals surface area contributed by atoms with Gasteiger partial charge in [-0.05, 0) is 12.1 Å². The van der Waals surface area contributed by atoms with Crippen LogP contribution in [0.5, 0.6) is 5.75 Å². The van der Waals surface area contributed by atoms with Gasteiger partial charge in [-0.25, -0.2) is 0 Å². The average molecular weight is 216 g/mol. The molecule has 0 bridgehead atoms. The Morgan fingerprint density at radius 2 is 2.00 bits per heavy atom. The van der Waals surface area contributed by atoms with Crippen LogP contribution in [0.25, 0.3) is 0 Å². The topological polar surface area (TPSA) is 33.0 Å². The maximum Gasteiger partial charge on any atom is 0.143 e. The van der Waals surface area contributed by atoms with E-state index in [0.717, 1.165) is 0 Å². The largest absolute Gasteiger partial charge is 0.495 e. The van der Waals surface area contributed by atoms with Crippen molar-refractivity contribution in [3.63, 3.8) is 0 Å². The number of hydrogen-bond acceptors (Lipinski definition) is 2.